The van der Waals surface area contributed by atoms with Gasteiger partial charge < -0.3 is 9.72 Å². The van der Waals surface area contributed by atoms with Gasteiger partial charge in [0.25, 0.3) is 5.56 Å². The smallest absolute Gasteiger partial charge is 0.337 e. The predicted molar refractivity (Wildman–Crippen MR) is 105 cm³/mol. The van der Waals surface area contributed by atoms with Crippen molar-refractivity contribution in [2.75, 3.05) is 7.11 Å². The second-order valence-electron chi connectivity index (χ2n) is 5.83. The molecule has 2 aromatic carbocycles. The summed E-state index contributed by atoms with van der Waals surface area (Å²) in [6, 6.07) is 17.6. The van der Waals surface area contributed by atoms with Crippen LogP contribution in [0.2, 0.25) is 0 Å². The van der Waals surface area contributed by atoms with E-state index in [4.69, 9.17) is 0 Å². The molecule has 4 aromatic rings. The number of rotatable bonds is 3. The zero-order valence-corrected chi connectivity index (χ0v) is 15.1. The van der Waals surface area contributed by atoms with E-state index in [1.807, 2.05) is 36.4 Å². The number of H-pyrrole nitrogens is 1. The van der Waals surface area contributed by atoms with Gasteiger partial charge in [0, 0.05) is 4.88 Å². The van der Waals surface area contributed by atoms with Gasteiger partial charge in [-0.1, -0.05) is 30.3 Å². The summed E-state index contributed by atoms with van der Waals surface area (Å²) in [7, 11) is 1.29. The van der Waals surface area contributed by atoms with Crippen molar-refractivity contribution in [1.29, 1.82) is 0 Å². The largest absolute Gasteiger partial charge is 0.465 e. The van der Waals surface area contributed by atoms with E-state index in [1.165, 1.54) is 30.6 Å². The first-order valence-electron chi connectivity index (χ1n) is 8.11. The molecular weight excluding hydrogens is 364 g/mol. The molecule has 4 rings (SSSR count). The highest BCUT2D eigenvalue weighted by molar-refractivity contribution is 7.22. The first-order valence-corrected chi connectivity index (χ1v) is 8.93. The molecule has 0 aliphatic rings. The van der Waals surface area contributed by atoms with E-state index in [0.29, 0.717) is 21.5 Å². The maximum atomic E-state index is 12.9. The molecule has 0 atom stereocenters. The molecule has 2 heterocycles. The lowest BCUT2D eigenvalue weighted by atomic mass is 10.2. The molecule has 0 spiro atoms. The molecule has 0 saturated heterocycles. The summed E-state index contributed by atoms with van der Waals surface area (Å²) in [5, 5.41) is 0. The minimum Gasteiger partial charge on any atom is -0.465 e. The highest BCUT2D eigenvalue weighted by atomic mass is 32.1. The van der Waals surface area contributed by atoms with Crippen LogP contribution in [0.25, 0.3) is 26.3 Å². The van der Waals surface area contributed by atoms with Gasteiger partial charge in [-0.3, -0.25) is 4.79 Å². The van der Waals surface area contributed by atoms with Crippen LogP contribution >= 0.6 is 11.3 Å². The van der Waals surface area contributed by atoms with E-state index in [1.54, 1.807) is 12.1 Å². The Labute approximate surface area is 157 Å². The molecular formula is C20H14N2O4S. The Balaban J connectivity index is 1.86. The van der Waals surface area contributed by atoms with Gasteiger partial charge >= 0.3 is 11.7 Å². The molecule has 0 radical (unpaired) electrons. The van der Waals surface area contributed by atoms with Gasteiger partial charge in [-0.25, -0.2) is 14.2 Å². The Morgan fingerprint density at radius 2 is 1.74 bits per heavy atom. The molecule has 6 nitrogen and oxygen atoms in total. The Morgan fingerprint density at radius 3 is 2.41 bits per heavy atom. The first-order chi connectivity index (χ1) is 13.1. The van der Waals surface area contributed by atoms with Crippen molar-refractivity contribution in [3.63, 3.8) is 0 Å². The summed E-state index contributed by atoms with van der Waals surface area (Å²) < 4.78 is 6.19. The van der Waals surface area contributed by atoms with Crippen LogP contribution in [0.15, 0.2) is 70.3 Å². The van der Waals surface area contributed by atoms with Crippen molar-refractivity contribution in [1.82, 2.24) is 9.55 Å². The van der Waals surface area contributed by atoms with Crippen LogP contribution in [0, 0.1) is 0 Å². The van der Waals surface area contributed by atoms with Crippen molar-refractivity contribution in [3.8, 4) is 16.1 Å². The van der Waals surface area contributed by atoms with Gasteiger partial charge in [0.05, 0.1) is 23.9 Å². The number of benzene rings is 2. The van der Waals surface area contributed by atoms with Gasteiger partial charge in [-0.05, 0) is 35.9 Å². The van der Waals surface area contributed by atoms with Crippen LogP contribution in [0.4, 0.5) is 0 Å². The van der Waals surface area contributed by atoms with Crippen LogP contribution in [0.1, 0.15) is 10.4 Å². The van der Waals surface area contributed by atoms with Crippen LogP contribution < -0.4 is 11.2 Å². The number of carbonyl (C=O) groups excluding carboxylic acids is 1. The van der Waals surface area contributed by atoms with E-state index in [2.05, 4.69) is 9.72 Å². The lowest BCUT2D eigenvalue weighted by molar-refractivity contribution is 0.0601. The van der Waals surface area contributed by atoms with Gasteiger partial charge in [-0.15, -0.1) is 11.3 Å². The summed E-state index contributed by atoms with van der Waals surface area (Å²) in [4.78, 5) is 40.6. The second-order valence-corrected chi connectivity index (χ2v) is 6.88. The van der Waals surface area contributed by atoms with Crippen molar-refractivity contribution in [3.05, 3.63) is 87.1 Å². The number of hydrogen-bond donors (Lipinski definition) is 1. The van der Waals surface area contributed by atoms with Crippen molar-refractivity contribution < 1.29 is 9.53 Å². The summed E-state index contributed by atoms with van der Waals surface area (Å²) in [6.45, 7) is 0. The summed E-state index contributed by atoms with van der Waals surface area (Å²) >= 11 is 1.33. The summed E-state index contributed by atoms with van der Waals surface area (Å²) in [6.07, 6.45) is 0. The minimum atomic E-state index is -0.532. The van der Waals surface area contributed by atoms with E-state index in [0.717, 1.165) is 15.0 Å². The van der Waals surface area contributed by atoms with Gasteiger partial charge in [0.1, 0.15) is 4.70 Å². The normalized spacial score (nSPS) is 10.9. The Hall–Kier alpha value is -3.45. The summed E-state index contributed by atoms with van der Waals surface area (Å²) in [5.41, 5.74) is 1.28. The fraction of sp³-hybridized carbons (Fsp3) is 0.0500. The fourth-order valence-corrected chi connectivity index (χ4v) is 3.90. The number of ether oxygens (including phenoxy) is 1. The zero-order chi connectivity index (χ0) is 19.0. The van der Waals surface area contributed by atoms with Crippen LogP contribution in [0.5, 0.6) is 0 Å². The Kier molecular flexibility index (Phi) is 4.21. The molecule has 0 aliphatic carbocycles. The molecule has 134 valence electrons. The quantitative estimate of drug-likeness (QED) is 0.555. The highest BCUT2D eigenvalue weighted by Crippen LogP contribution is 2.30. The van der Waals surface area contributed by atoms with Gasteiger partial charge in [0.2, 0.25) is 0 Å². The van der Waals surface area contributed by atoms with Crippen molar-refractivity contribution >= 4 is 27.5 Å². The lowest BCUT2D eigenvalue weighted by Crippen LogP contribution is -2.32. The fourth-order valence-electron chi connectivity index (χ4n) is 2.85. The van der Waals surface area contributed by atoms with Gasteiger partial charge in [-0.2, -0.15) is 0 Å². The van der Waals surface area contributed by atoms with Crippen LogP contribution in [-0.4, -0.2) is 22.6 Å². The number of hydrogen-bond acceptors (Lipinski definition) is 5. The summed E-state index contributed by atoms with van der Waals surface area (Å²) in [5.74, 6) is -0.482. The molecule has 7 heteroatoms. The Morgan fingerprint density at radius 1 is 1.04 bits per heavy atom. The topological polar surface area (TPSA) is 81.2 Å². The third-order valence-electron chi connectivity index (χ3n) is 4.18. The number of carbonyl (C=O) groups is 1. The van der Waals surface area contributed by atoms with E-state index in [9.17, 15) is 14.4 Å². The molecule has 0 fully saturated rings. The third kappa shape index (κ3) is 2.98. The third-order valence-corrected chi connectivity index (χ3v) is 5.35. The first kappa shape index (κ1) is 17.0. The number of nitrogens with one attached hydrogen (secondary N) is 1. The SMILES string of the molecule is COC(=O)c1ccc(-n2c(=O)[nH]c3cc(-c4ccccc4)sc3c2=O)cc1. The molecule has 1 N–H and O–H groups in total. The zero-order valence-electron chi connectivity index (χ0n) is 14.3. The van der Waals surface area contributed by atoms with Gasteiger partial charge in [0.15, 0.2) is 0 Å². The average molecular weight is 378 g/mol. The number of esters is 1. The number of nitrogens with zero attached hydrogens (tertiary/aromatic N) is 1. The van der Waals surface area contributed by atoms with E-state index >= 15 is 0 Å². The lowest BCUT2D eigenvalue weighted by Gasteiger charge is -2.05. The average Bonchev–Trinajstić information content (AvgIpc) is 3.13. The monoisotopic (exact) mass is 378 g/mol. The second kappa shape index (κ2) is 6.69. The molecule has 0 saturated carbocycles. The molecule has 27 heavy (non-hydrogen) atoms. The van der Waals surface area contributed by atoms with Crippen molar-refractivity contribution in [2.24, 2.45) is 0 Å². The molecule has 0 aliphatic heterocycles. The highest BCUT2D eigenvalue weighted by Gasteiger charge is 2.14. The van der Waals surface area contributed by atoms with Crippen LogP contribution in [0.3, 0.4) is 0 Å². The molecule has 0 bridgehead atoms. The van der Waals surface area contributed by atoms with E-state index in [-0.39, 0.29) is 0 Å². The molecule has 0 amide bonds. The maximum Gasteiger partial charge on any atom is 0.337 e. The number of methoxy groups -OCH3 is 1. The van der Waals surface area contributed by atoms with E-state index < -0.39 is 17.2 Å². The Bertz CT molecular complexity index is 1250. The standard InChI is InChI=1S/C20H14N2O4S/c1-26-19(24)13-7-9-14(10-8-13)22-18(23)17-15(21-20(22)25)11-16(27-17)12-5-3-2-4-6-12/h2-11H,1H3,(H,21,25). The number of thiophene rings is 1. The minimum absolute atomic E-state index is 0.342. The number of aromatic amines is 1. The number of fused-ring (bicyclic) bond motifs is 1. The van der Waals surface area contributed by atoms with Crippen molar-refractivity contribution in [2.45, 2.75) is 0 Å². The molecule has 2 aromatic heterocycles. The number of aromatic nitrogens is 2. The van der Waals surface area contributed by atoms with Crippen LogP contribution in [-0.2, 0) is 4.74 Å². The predicted octanol–water partition coefficient (Wildman–Crippen LogP) is 3.19. The maximum absolute atomic E-state index is 12.9. The molecule has 0 unspecified atom stereocenters.